The van der Waals surface area contributed by atoms with E-state index in [9.17, 15) is 22.8 Å². The van der Waals surface area contributed by atoms with Crippen LogP contribution >= 0.6 is 0 Å². The zero-order valence-corrected chi connectivity index (χ0v) is 27.7. The molecule has 1 unspecified atom stereocenters. The average Bonchev–Trinajstić information content (AvgIpc) is 3.33. The summed E-state index contributed by atoms with van der Waals surface area (Å²) in [7, 11) is 0. The number of hydrogen-bond donors (Lipinski definition) is 2. The van der Waals surface area contributed by atoms with E-state index in [0.29, 0.717) is 24.8 Å². The molecule has 2 N–H and O–H groups in total. The van der Waals surface area contributed by atoms with Crippen molar-refractivity contribution in [2.45, 2.75) is 75.4 Å². The van der Waals surface area contributed by atoms with E-state index < -0.39 is 24.0 Å². The van der Waals surface area contributed by atoms with Crippen LogP contribution in [0.15, 0.2) is 114 Å². The van der Waals surface area contributed by atoms with Crippen molar-refractivity contribution in [2.24, 2.45) is 0 Å². The minimum Gasteiger partial charge on any atom is -0.465 e. The number of ether oxygens (including phenoxy) is 1. The van der Waals surface area contributed by atoms with Crippen LogP contribution in [-0.4, -0.2) is 55.1 Å². The lowest BCUT2D eigenvalue weighted by Crippen LogP contribution is -2.47. The molecule has 9 heteroatoms. The summed E-state index contributed by atoms with van der Waals surface area (Å²) >= 11 is 0. The predicted octanol–water partition coefficient (Wildman–Crippen LogP) is 7.66. The van der Waals surface area contributed by atoms with Gasteiger partial charge in [0.25, 0.3) is 5.91 Å². The number of amides is 2. The standard InChI is InChI=1S/C40H44F3N3O3/c41-40(42,43)28-44-38(48)39(35-18-7-5-16-33(35)34-17-6-8-19-36(34)39)24-9-10-25-46-26-22-30(23-27-46)45-37(47)29-12-11-15-32(21-20-29)49-31-13-3-1-2-4-14-31/h1-5,7-8,11-13,16,18-21,30H,6,9-10,14-15,17,22-28H2,(H,44,48)(H,45,47). The van der Waals surface area contributed by atoms with E-state index in [1.54, 1.807) is 0 Å². The second kappa shape index (κ2) is 15.5. The number of rotatable bonds is 11. The number of alkyl halides is 3. The molecule has 0 aromatic heterocycles. The van der Waals surface area contributed by atoms with Crippen LogP contribution < -0.4 is 10.6 Å². The van der Waals surface area contributed by atoms with Gasteiger partial charge in [-0.3, -0.25) is 9.59 Å². The lowest BCUT2D eigenvalue weighted by molar-refractivity contribution is -0.141. The summed E-state index contributed by atoms with van der Waals surface area (Å²) in [5.74, 6) is 0.985. The van der Waals surface area contributed by atoms with Crippen molar-refractivity contribution in [3.8, 4) is 0 Å². The highest BCUT2D eigenvalue weighted by Crippen LogP contribution is 2.52. The Kier molecular flexibility index (Phi) is 10.9. The van der Waals surface area contributed by atoms with Gasteiger partial charge in [-0.1, -0.05) is 79.3 Å². The Labute approximate surface area is 286 Å². The minimum atomic E-state index is -4.48. The van der Waals surface area contributed by atoms with Crippen molar-refractivity contribution in [2.75, 3.05) is 26.2 Å². The maximum absolute atomic E-state index is 13.7. The molecule has 1 saturated heterocycles. The van der Waals surface area contributed by atoms with Crippen LogP contribution in [0.4, 0.5) is 13.2 Å². The van der Waals surface area contributed by atoms with Crippen molar-refractivity contribution < 1.29 is 27.5 Å². The van der Waals surface area contributed by atoms with Gasteiger partial charge in [-0.25, -0.2) is 0 Å². The normalized spacial score (nSPS) is 22.4. The highest BCUT2D eigenvalue weighted by Gasteiger charge is 2.50. The Bertz CT molecular complexity index is 1670. The number of piperidine rings is 1. The fraction of sp³-hybridized carbons (Fsp3) is 0.400. The van der Waals surface area contributed by atoms with Crippen molar-refractivity contribution >= 4 is 17.4 Å². The van der Waals surface area contributed by atoms with Crippen molar-refractivity contribution in [3.05, 3.63) is 125 Å². The van der Waals surface area contributed by atoms with Gasteiger partial charge in [-0.2, -0.15) is 13.2 Å². The molecule has 5 aliphatic rings. The Morgan fingerprint density at radius 1 is 0.918 bits per heavy atom. The smallest absolute Gasteiger partial charge is 0.405 e. The monoisotopic (exact) mass is 671 g/mol. The first-order valence-corrected chi connectivity index (χ1v) is 17.4. The molecule has 6 nitrogen and oxygen atoms in total. The van der Waals surface area contributed by atoms with Crippen molar-refractivity contribution in [1.29, 1.82) is 0 Å². The molecule has 1 heterocycles. The molecule has 1 aromatic carbocycles. The second-order valence-corrected chi connectivity index (χ2v) is 13.2. The quantitative estimate of drug-likeness (QED) is 0.237. The first-order valence-electron chi connectivity index (χ1n) is 17.4. The lowest BCUT2D eigenvalue weighted by Gasteiger charge is -2.34. The summed E-state index contributed by atoms with van der Waals surface area (Å²) in [6, 6.07) is 7.77. The molecule has 49 heavy (non-hydrogen) atoms. The number of fused-ring (bicyclic) bond motifs is 2. The number of allylic oxidation sites excluding steroid dienone is 11. The van der Waals surface area contributed by atoms with E-state index in [0.717, 1.165) is 92.0 Å². The van der Waals surface area contributed by atoms with Crippen LogP contribution in [0.2, 0.25) is 0 Å². The number of unbranched alkanes of at least 4 members (excludes halogenated alkanes) is 1. The fourth-order valence-corrected chi connectivity index (χ4v) is 7.50. The molecule has 0 radical (unpaired) electrons. The number of carbonyl (C=O) groups is 2. The highest BCUT2D eigenvalue weighted by atomic mass is 19.4. The maximum atomic E-state index is 13.7. The van der Waals surface area contributed by atoms with E-state index in [1.807, 2.05) is 91.1 Å². The molecule has 0 spiro atoms. The van der Waals surface area contributed by atoms with Gasteiger partial charge in [0, 0.05) is 37.5 Å². The van der Waals surface area contributed by atoms with Gasteiger partial charge in [0.15, 0.2) is 0 Å². The number of carbonyl (C=O) groups excluding carboxylic acids is 2. The van der Waals surface area contributed by atoms with Crippen LogP contribution in [0.25, 0.3) is 5.57 Å². The average molecular weight is 672 g/mol. The third kappa shape index (κ3) is 8.27. The molecule has 4 aliphatic carbocycles. The Morgan fingerprint density at radius 3 is 2.55 bits per heavy atom. The van der Waals surface area contributed by atoms with E-state index in [4.69, 9.17) is 4.74 Å². The van der Waals surface area contributed by atoms with Gasteiger partial charge >= 0.3 is 6.18 Å². The van der Waals surface area contributed by atoms with Gasteiger partial charge in [-0.05, 0) is 85.6 Å². The number of nitrogens with zero attached hydrogens (tertiary/aromatic N) is 1. The van der Waals surface area contributed by atoms with E-state index in [-0.39, 0.29) is 11.9 Å². The third-order valence-electron chi connectivity index (χ3n) is 9.93. The molecule has 2 amide bonds. The van der Waals surface area contributed by atoms with E-state index >= 15 is 0 Å². The second-order valence-electron chi connectivity index (χ2n) is 13.2. The van der Waals surface area contributed by atoms with Crippen molar-refractivity contribution in [1.82, 2.24) is 15.5 Å². The van der Waals surface area contributed by atoms with Crippen LogP contribution in [0.1, 0.15) is 68.9 Å². The number of nitrogens with one attached hydrogen (secondary N) is 2. The highest BCUT2D eigenvalue weighted by molar-refractivity contribution is 6.01. The van der Waals surface area contributed by atoms with Gasteiger partial charge in [0.2, 0.25) is 5.91 Å². The molecule has 1 fully saturated rings. The Balaban J connectivity index is 1.01. The summed E-state index contributed by atoms with van der Waals surface area (Å²) in [6.45, 7) is 1.16. The molecule has 1 aromatic rings. The molecular formula is C40H44F3N3O3. The van der Waals surface area contributed by atoms with Gasteiger partial charge in [0.05, 0.1) is 5.41 Å². The summed E-state index contributed by atoms with van der Waals surface area (Å²) < 4.78 is 45.6. The molecule has 0 saturated carbocycles. The molecule has 0 bridgehead atoms. The predicted molar refractivity (Wildman–Crippen MR) is 186 cm³/mol. The summed E-state index contributed by atoms with van der Waals surface area (Å²) in [5.41, 5.74) is 3.19. The summed E-state index contributed by atoms with van der Waals surface area (Å²) in [6.07, 6.45) is 23.4. The largest absolute Gasteiger partial charge is 0.465 e. The Hall–Kier alpha value is -4.37. The van der Waals surface area contributed by atoms with E-state index in [1.165, 1.54) is 0 Å². The molecule has 258 valence electrons. The molecule has 6 rings (SSSR count). The SMILES string of the molecule is O=C(NC1CCN(CCCCC2(C(=O)NCC(F)(F)F)C3=C(CCC=C3)c3ccccc32)CC1)C1=CC=C(OC2=CC=CC=CC2)CC=C1. The van der Waals surface area contributed by atoms with Crippen molar-refractivity contribution in [3.63, 3.8) is 0 Å². The van der Waals surface area contributed by atoms with E-state index in [2.05, 4.69) is 15.5 Å². The third-order valence-corrected chi connectivity index (χ3v) is 9.93. The first kappa shape index (κ1) is 34.5. The first-order chi connectivity index (χ1) is 23.7. The van der Waals surface area contributed by atoms with Gasteiger partial charge < -0.3 is 20.3 Å². The van der Waals surface area contributed by atoms with Gasteiger partial charge in [-0.15, -0.1) is 0 Å². The van der Waals surface area contributed by atoms with Crippen LogP contribution in [0.5, 0.6) is 0 Å². The number of likely N-dealkylation sites (tertiary alicyclic amines) is 1. The zero-order chi connectivity index (χ0) is 34.3. The Morgan fingerprint density at radius 2 is 1.71 bits per heavy atom. The van der Waals surface area contributed by atoms with Crippen LogP contribution in [0.3, 0.4) is 0 Å². The maximum Gasteiger partial charge on any atom is 0.405 e. The summed E-state index contributed by atoms with van der Waals surface area (Å²) in [4.78, 5) is 29.2. The topological polar surface area (TPSA) is 70.7 Å². The van der Waals surface area contributed by atoms with Crippen LogP contribution in [0, 0.1) is 0 Å². The molecule has 1 aliphatic heterocycles. The molecule has 1 atom stereocenters. The summed E-state index contributed by atoms with van der Waals surface area (Å²) in [5, 5.41) is 5.44. The minimum absolute atomic E-state index is 0.0785. The number of halogens is 3. The zero-order valence-electron chi connectivity index (χ0n) is 27.7. The van der Waals surface area contributed by atoms with Gasteiger partial charge in [0.1, 0.15) is 18.1 Å². The van der Waals surface area contributed by atoms with Crippen LogP contribution in [-0.2, 0) is 19.7 Å². The fourth-order valence-electron chi connectivity index (χ4n) is 7.50. The number of benzene rings is 1. The molecular weight excluding hydrogens is 627 g/mol. The lowest BCUT2D eigenvalue weighted by atomic mass is 9.71. The number of hydrogen-bond acceptors (Lipinski definition) is 4.